The summed E-state index contributed by atoms with van der Waals surface area (Å²) >= 11 is 0. The third-order valence-corrected chi connectivity index (χ3v) is 3.15. The first kappa shape index (κ1) is 11.8. The number of aromatic amines is 1. The van der Waals surface area contributed by atoms with Crippen molar-refractivity contribution in [2.75, 3.05) is 24.7 Å². The summed E-state index contributed by atoms with van der Waals surface area (Å²) in [7, 11) is 0. The minimum absolute atomic E-state index is 0.160. The van der Waals surface area contributed by atoms with Crippen LogP contribution in [-0.4, -0.2) is 51.6 Å². The van der Waals surface area contributed by atoms with Gasteiger partial charge in [-0.1, -0.05) is 0 Å². The van der Waals surface area contributed by atoms with Crippen LogP contribution in [0.25, 0.3) is 11.2 Å². The lowest BCUT2D eigenvalue weighted by Crippen LogP contribution is -2.44. The number of nitrogens with zero attached hydrogens (tertiary/aromatic N) is 4. The van der Waals surface area contributed by atoms with Crippen LogP contribution in [0.4, 0.5) is 5.82 Å². The van der Waals surface area contributed by atoms with E-state index in [2.05, 4.69) is 31.8 Å². The number of nitrogens with two attached hydrogens (primary N) is 1. The molecule has 1 aliphatic rings. The van der Waals surface area contributed by atoms with Gasteiger partial charge in [-0.25, -0.2) is 15.0 Å². The standard InChI is InChI=1S/C11H15N7O/c1-6-4-19-3-2-18(6)11-7-9(15-5-14-7)16-10(17-11)8(12)13/h5-6H,2-4H2,1H3,(H3,12,13)(H,14,15,16,17)/t6-/m1/s1. The molecule has 1 atom stereocenters. The molecule has 1 fully saturated rings. The van der Waals surface area contributed by atoms with E-state index in [9.17, 15) is 0 Å². The molecule has 100 valence electrons. The predicted octanol–water partition coefficient (Wildman–Crippen LogP) is -0.138. The van der Waals surface area contributed by atoms with Crippen LogP contribution in [0.1, 0.15) is 12.7 Å². The molecule has 8 heteroatoms. The fourth-order valence-electron chi connectivity index (χ4n) is 2.19. The van der Waals surface area contributed by atoms with Crippen LogP contribution in [-0.2, 0) is 4.74 Å². The second-order valence-corrected chi connectivity index (χ2v) is 4.50. The van der Waals surface area contributed by atoms with E-state index in [1.165, 1.54) is 0 Å². The number of morpholine rings is 1. The Labute approximate surface area is 109 Å². The largest absolute Gasteiger partial charge is 0.381 e. The Bertz CT molecular complexity index is 623. The number of H-pyrrole nitrogens is 1. The van der Waals surface area contributed by atoms with Gasteiger partial charge in [0, 0.05) is 6.54 Å². The van der Waals surface area contributed by atoms with Gasteiger partial charge in [0.25, 0.3) is 0 Å². The normalized spacial score (nSPS) is 19.8. The van der Waals surface area contributed by atoms with Gasteiger partial charge in [0.05, 0.1) is 25.6 Å². The minimum Gasteiger partial charge on any atom is -0.381 e. The van der Waals surface area contributed by atoms with E-state index in [-0.39, 0.29) is 17.7 Å². The van der Waals surface area contributed by atoms with Gasteiger partial charge in [0.2, 0.25) is 0 Å². The van der Waals surface area contributed by atoms with Crippen LogP contribution in [0.3, 0.4) is 0 Å². The van der Waals surface area contributed by atoms with E-state index >= 15 is 0 Å². The molecule has 0 aliphatic carbocycles. The zero-order valence-electron chi connectivity index (χ0n) is 10.6. The predicted molar refractivity (Wildman–Crippen MR) is 70.3 cm³/mol. The maximum absolute atomic E-state index is 7.50. The SMILES string of the molecule is C[C@@H]1COCCN1c1nc(C(=N)N)nc2nc[nH]c12. The van der Waals surface area contributed by atoms with E-state index in [0.29, 0.717) is 18.9 Å². The lowest BCUT2D eigenvalue weighted by Gasteiger charge is -2.34. The summed E-state index contributed by atoms with van der Waals surface area (Å²) in [6.07, 6.45) is 1.57. The molecular weight excluding hydrogens is 246 g/mol. The zero-order valence-corrected chi connectivity index (χ0v) is 10.6. The maximum atomic E-state index is 7.50. The number of hydrogen-bond donors (Lipinski definition) is 3. The highest BCUT2D eigenvalue weighted by molar-refractivity contribution is 5.95. The topological polar surface area (TPSA) is 117 Å². The number of nitrogen functional groups attached to an aromatic ring is 1. The van der Waals surface area contributed by atoms with Crippen LogP contribution in [0.15, 0.2) is 6.33 Å². The molecule has 0 amide bonds. The molecular formula is C11H15N7O. The van der Waals surface area contributed by atoms with Crippen LogP contribution in [0.5, 0.6) is 0 Å². The third kappa shape index (κ3) is 1.99. The fraction of sp³-hybridized carbons (Fsp3) is 0.455. The second kappa shape index (κ2) is 4.47. The van der Waals surface area contributed by atoms with Crippen molar-refractivity contribution in [3.8, 4) is 0 Å². The van der Waals surface area contributed by atoms with Crippen LogP contribution >= 0.6 is 0 Å². The molecule has 1 aliphatic heterocycles. The highest BCUT2D eigenvalue weighted by atomic mass is 16.5. The lowest BCUT2D eigenvalue weighted by atomic mass is 10.2. The van der Waals surface area contributed by atoms with Crippen molar-refractivity contribution in [3.63, 3.8) is 0 Å². The van der Waals surface area contributed by atoms with E-state index in [1.807, 2.05) is 0 Å². The average Bonchev–Trinajstić information content (AvgIpc) is 2.86. The van der Waals surface area contributed by atoms with E-state index < -0.39 is 0 Å². The second-order valence-electron chi connectivity index (χ2n) is 4.50. The number of anilines is 1. The first-order valence-corrected chi connectivity index (χ1v) is 6.06. The molecule has 0 radical (unpaired) electrons. The van der Waals surface area contributed by atoms with Gasteiger partial charge >= 0.3 is 0 Å². The van der Waals surface area contributed by atoms with Crippen molar-refractivity contribution >= 4 is 22.8 Å². The van der Waals surface area contributed by atoms with Crippen molar-refractivity contribution in [3.05, 3.63) is 12.2 Å². The summed E-state index contributed by atoms with van der Waals surface area (Å²) in [6, 6.07) is 0.204. The number of imidazole rings is 1. The first-order valence-electron chi connectivity index (χ1n) is 6.06. The van der Waals surface area contributed by atoms with Crippen molar-refractivity contribution in [2.24, 2.45) is 5.73 Å². The summed E-state index contributed by atoms with van der Waals surface area (Å²) in [5.74, 6) is 0.767. The van der Waals surface area contributed by atoms with E-state index in [0.717, 1.165) is 17.9 Å². The van der Waals surface area contributed by atoms with Gasteiger partial charge in [-0.05, 0) is 6.92 Å². The van der Waals surface area contributed by atoms with Crippen LogP contribution in [0, 0.1) is 5.41 Å². The van der Waals surface area contributed by atoms with Gasteiger partial charge < -0.3 is 20.4 Å². The van der Waals surface area contributed by atoms with Crippen LogP contribution in [0.2, 0.25) is 0 Å². The molecule has 4 N–H and O–H groups in total. The zero-order chi connectivity index (χ0) is 13.4. The molecule has 2 aromatic rings. The molecule has 3 rings (SSSR count). The molecule has 0 spiro atoms. The Morgan fingerprint density at radius 2 is 2.42 bits per heavy atom. The highest BCUT2D eigenvalue weighted by Gasteiger charge is 2.24. The molecule has 0 unspecified atom stereocenters. The number of amidine groups is 1. The molecule has 2 aromatic heterocycles. The smallest absolute Gasteiger partial charge is 0.198 e. The number of aromatic nitrogens is 4. The molecule has 1 saturated heterocycles. The molecule has 8 nitrogen and oxygen atoms in total. The number of hydrogen-bond acceptors (Lipinski definition) is 6. The maximum Gasteiger partial charge on any atom is 0.198 e. The fourth-order valence-corrected chi connectivity index (χ4v) is 2.19. The van der Waals surface area contributed by atoms with Crippen molar-refractivity contribution in [2.45, 2.75) is 13.0 Å². The summed E-state index contributed by atoms with van der Waals surface area (Å²) in [6.45, 7) is 4.11. The minimum atomic E-state index is -0.160. The molecule has 3 heterocycles. The van der Waals surface area contributed by atoms with Gasteiger partial charge in [-0.15, -0.1) is 0 Å². The molecule has 19 heavy (non-hydrogen) atoms. The van der Waals surface area contributed by atoms with Gasteiger partial charge in [-0.2, -0.15) is 0 Å². The third-order valence-electron chi connectivity index (χ3n) is 3.15. The Hall–Kier alpha value is -2.22. The average molecular weight is 261 g/mol. The van der Waals surface area contributed by atoms with Crippen molar-refractivity contribution in [1.82, 2.24) is 19.9 Å². The monoisotopic (exact) mass is 261 g/mol. The van der Waals surface area contributed by atoms with Gasteiger partial charge in [0.15, 0.2) is 23.1 Å². The first-order chi connectivity index (χ1) is 9.16. The highest BCUT2D eigenvalue weighted by Crippen LogP contribution is 2.24. The molecule has 0 bridgehead atoms. The Balaban J connectivity index is 2.14. The molecule has 0 aromatic carbocycles. The Morgan fingerprint density at radius 1 is 1.58 bits per heavy atom. The van der Waals surface area contributed by atoms with Gasteiger partial charge in [-0.3, -0.25) is 5.41 Å². The van der Waals surface area contributed by atoms with Crippen molar-refractivity contribution in [1.29, 1.82) is 5.41 Å². The lowest BCUT2D eigenvalue weighted by molar-refractivity contribution is 0.0986. The summed E-state index contributed by atoms with van der Waals surface area (Å²) < 4.78 is 5.43. The van der Waals surface area contributed by atoms with E-state index in [1.54, 1.807) is 6.33 Å². The Kier molecular flexibility index (Phi) is 2.79. The number of nitrogens with one attached hydrogen (secondary N) is 2. The number of ether oxygens (including phenoxy) is 1. The van der Waals surface area contributed by atoms with Crippen molar-refractivity contribution < 1.29 is 4.74 Å². The number of fused-ring (bicyclic) bond motifs is 1. The van der Waals surface area contributed by atoms with Crippen LogP contribution < -0.4 is 10.6 Å². The molecule has 0 saturated carbocycles. The summed E-state index contributed by atoms with van der Waals surface area (Å²) in [4.78, 5) is 17.8. The van der Waals surface area contributed by atoms with E-state index in [4.69, 9.17) is 15.9 Å². The number of rotatable bonds is 2. The Morgan fingerprint density at radius 3 is 3.16 bits per heavy atom. The quantitative estimate of drug-likeness (QED) is 0.512. The summed E-state index contributed by atoms with van der Waals surface area (Å²) in [5.41, 5.74) is 6.77. The van der Waals surface area contributed by atoms with Gasteiger partial charge in [0.1, 0.15) is 5.52 Å². The summed E-state index contributed by atoms with van der Waals surface area (Å²) in [5, 5.41) is 7.50.